The summed E-state index contributed by atoms with van der Waals surface area (Å²) < 4.78 is 10.8. The number of aromatic amines is 1. The zero-order valence-corrected chi connectivity index (χ0v) is 17.8. The average Bonchev–Trinajstić information content (AvgIpc) is 3.39. The fraction of sp³-hybridized carbons (Fsp3) is 0.160. The van der Waals surface area contributed by atoms with Gasteiger partial charge in [-0.3, -0.25) is 19.8 Å². The van der Waals surface area contributed by atoms with Gasteiger partial charge < -0.3 is 9.47 Å². The van der Waals surface area contributed by atoms with Crippen LogP contribution in [0.2, 0.25) is 0 Å². The Bertz CT molecular complexity index is 1230. The van der Waals surface area contributed by atoms with Gasteiger partial charge >= 0.3 is 0 Å². The molecule has 1 aliphatic heterocycles. The molecule has 4 aromatic rings. The number of pyridine rings is 1. The molecule has 7 nitrogen and oxygen atoms in total. The van der Waals surface area contributed by atoms with Gasteiger partial charge in [-0.25, -0.2) is 0 Å². The minimum atomic E-state index is -0.361. The first-order valence-corrected chi connectivity index (χ1v) is 10.4. The highest BCUT2D eigenvalue weighted by Crippen LogP contribution is 2.45. The summed E-state index contributed by atoms with van der Waals surface area (Å²) in [6.07, 6.45) is 3.52. The molecule has 2 aromatic heterocycles. The van der Waals surface area contributed by atoms with Gasteiger partial charge in [-0.15, -0.1) is 0 Å². The predicted molar refractivity (Wildman–Crippen MR) is 121 cm³/mol. The van der Waals surface area contributed by atoms with Crippen LogP contribution in [0, 0.1) is 0 Å². The quantitative estimate of drug-likeness (QED) is 0.486. The van der Waals surface area contributed by atoms with Crippen molar-refractivity contribution in [3.63, 3.8) is 0 Å². The lowest BCUT2D eigenvalue weighted by Crippen LogP contribution is -2.29. The van der Waals surface area contributed by atoms with Gasteiger partial charge in [-0.1, -0.05) is 6.07 Å². The van der Waals surface area contributed by atoms with Crippen LogP contribution in [0.15, 0.2) is 73.1 Å². The van der Waals surface area contributed by atoms with Gasteiger partial charge in [0.1, 0.15) is 17.2 Å². The molecule has 7 heteroatoms. The van der Waals surface area contributed by atoms with E-state index in [9.17, 15) is 4.79 Å². The van der Waals surface area contributed by atoms with Gasteiger partial charge in [0.15, 0.2) is 0 Å². The van der Waals surface area contributed by atoms with Crippen LogP contribution >= 0.6 is 0 Å². The molecule has 0 fully saturated rings. The SMILES string of the molecule is CCOc1ccc(N2C(=O)c3[nH]nc(-c4ccc(OC)cc4)c3[C@H]2c2cccnc2)cc1. The van der Waals surface area contributed by atoms with Crippen molar-refractivity contribution in [1.82, 2.24) is 15.2 Å². The molecule has 0 aliphatic carbocycles. The zero-order chi connectivity index (χ0) is 22.1. The summed E-state index contributed by atoms with van der Waals surface area (Å²) in [6, 6.07) is 18.7. The maximum Gasteiger partial charge on any atom is 0.277 e. The summed E-state index contributed by atoms with van der Waals surface area (Å²) in [6.45, 7) is 2.53. The van der Waals surface area contributed by atoms with Crippen LogP contribution in [-0.4, -0.2) is 34.8 Å². The molecular weight excluding hydrogens is 404 g/mol. The smallest absolute Gasteiger partial charge is 0.277 e. The number of benzene rings is 2. The third-order valence-corrected chi connectivity index (χ3v) is 5.56. The Balaban J connectivity index is 1.63. The molecule has 3 heterocycles. The monoisotopic (exact) mass is 426 g/mol. The average molecular weight is 426 g/mol. The Hall–Kier alpha value is -4.13. The molecule has 2 aromatic carbocycles. The summed E-state index contributed by atoms with van der Waals surface area (Å²) in [5.74, 6) is 1.39. The Labute approximate surface area is 185 Å². The summed E-state index contributed by atoms with van der Waals surface area (Å²) >= 11 is 0. The number of anilines is 1. The standard InChI is InChI=1S/C25H22N4O3/c1-3-32-20-12-8-18(9-13-20)29-24(17-5-4-14-26-15-17)21-22(27-28-23(21)25(29)30)16-6-10-19(31-2)11-7-16/h4-15,24H,3H2,1-2H3,(H,27,28)/t24-/m1/s1. The largest absolute Gasteiger partial charge is 0.497 e. The van der Waals surface area contributed by atoms with Gasteiger partial charge in [0.25, 0.3) is 5.91 Å². The molecule has 5 rings (SSSR count). The molecule has 0 bridgehead atoms. The number of fused-ring (bicyclic) bond motifs is 1. The first-order valence-electron chi connectivity index (χ1n) is 10.4. The molecule has 1 atom stereocenters. The number of aromatic nitrogens is 3. The third-order valence-electron chi connectivity index (χ3n) is 5.56. The van der Waals surface area contributed by atoms with Crippen molar-refractivity contribution in [2.45, 2.75) is 13.0 Å². The van der Waals surface area contributed by atoms with Crippen LogP contribution in [-0.2, 0) is 0 Å². The Kier molecular flexibility index (Phi) is 5.07. The van der Waals surface area contributed by atoms with Crippen LogP contribution in [0.25, 0.3) is 11.3 Å². The molecular formula is C25H22N4O3. The number of methoxy groups -OCH3 is 1. The summed E-state index contributed by atoms with van der Waals surface area (Å²) in [4.78, 5) is 19.6. The van der Waals surface area contributed by atoms with E-state index in [0.717, 1.165) is 39.6 Å². The van der Waals surface area contributed by atoms with Crippen molar-refractivity contribution in [3.8, 4) is 22.8 Å². The summed E-state index contributed by atoms with van der Waals surface area (Å²) in [5.41, 5.74) is 4.64. The molecule has 0 radical (unpaired) electrons. The van der Waals surface area contributed by atoms with E-state index in [1.165, 1.54) is 0 Å². The van der Waals surface area contributed by atoms with Crippen molar-refractivity contribution < 1.29 is 14.3 Å². The molecule has 0 unspecified atom stereocenters. The lowest BCUT2D eigenvalue weighted by atomic mass is 9.97. The van der Waals surface area contributed by atoms with E-state index in [4.69, 9.17) is 9.47 Å². The first-order chi connectivity index (χ1) is 15.7. The lowest BCUT2D eigenvalue weighted by Gasteiger charge is -2.26. The second-order valence-electron chi connectivity index (χ2n) is 7.38. The van der Waals surface area contributed by atoms with Crippen LogP contribution in [0.5, 0.6) is 11.5 Å². The van der Waals surface area contributed by atoms with Crippen LogP contribution in [0.3, 0.4) is 0 Å². The van der Waals surface area contributed by atoms with Gasteiger partial charge in [-0.2, -0.15) is 5.10 Å². The number of hydrogen-bond acceptors (Lipinski definition) is 5. The van der Waals surface area contributed by atoms with Gasteiger partial charge in [-0.05, 0) is 67.1 Å². The topological polar surface area (TPSA) is 80.3 Å². The van der Waals surface area contributed by atoms with Gasteiger partial charge in [0.2, 0.25) is 0 Å². The van der Waals surface area contributed by atoms with E-state index in [1.54, 1.807) is 24.4 Å². The second kappa shape index (κ2) is 8.19. The second-order valence-corrected chi connectivity index (χ2v) is 7.38. The van der Waals surface area contributed by atoms with Crippen molar-refractivity contribution in [1.29, 1.82) is 0 Å². The van der Waals surface area contributed by atoms with E-state index < -0.39 is 0 Å². The van der Waals surface area contributed by atoms with E-state index in [0.29, 0.717) is 12.3 Å². The van der Waals surface area contributed by atoms with Crippen LogP contribution in [0.1, 0.15) is 34.6 Å². The highest BCUT2D eigenvalue weighted by atomic mass is 16.5. The van der Waals surface area contributed by atoms with E-state index in [-0.39, 0.29) is 11.9 Å². The van der Waals surface area contributed by atoms with Gasteiger partial charge in [0.05, 0.1) is 25.5 Å². The number of nitrogens with zero attached hydrogens (tertiary/aromatic N) is 3. The van der Waals surface area contributed by atoms with Crippen molar-refractivity contribution in [3.05, 3.63) is 89.9 Å². The third kappa shape index (κ3) is 3.28. The minimum absolute atomic E-state index is 0.134. The first kappa shape index (κ1) is 19.8. The van der Waals surface area contributed by atoms with Crippen molar-refractivity contribution >= 4 is 11.6 Å². The number of carbonyl (C=O) groups excluding carboxylic acids is 1. The number of ether oxygens (including phenoxy) is 2. The normalized spacial score (nSPS) is 15.0. The van der Waals surface area contributed by atoms with E-state index in [1.807, 2.05) is 67.6 Å². The molecule has 1 amide bonds. The van der Waals surface area contributed by atoms with Crippen molar-refractivity contribution in [2.75, 3.05) is 18.6 Å². The van der Waals surface area contributed by atoms with Crippen molar-refractivity contribution in [2.24, 2.45) is 0 Å². The molecule has 0 spiro atoms. The molecule has 0 saturated carbocycles. The zero-order valence-electron chi connectivity index (χ0n) is 17.8. The molecule has 0 saturated heterocycles. The maximum atomic E-state index is 13.5. The number of amides is 1. The number of hydrogen-bond donors (Lipinski definition) is 1. The number of rotatable bonds is 6. The fourth-order valence-electron chi connectivity index (χ4n) is 4.11. The summed E-state index contributed by atoms with van der Waals surface area (Å²) in [7, 11) is 1.63. The predicted octanol–water partition coefficient (Wildman–Crippen LogP) is 4.63. The molecule has 1 N–H and O–H groups in total. The minimum Gasteiger partial charge on any atom is -0.497 e. The Morgan fingerprint density at radius 1 is 1.03 bits per heavy atom. The molecule has 32 heavy (non-hydrogen) atoms. The number of H-pyrrole nitrogens is 1. The van der Waals surface area contributed by atoms with Crippen LogP contribution in [0.4, 0.5) is 5.69 Å². The molecule has 160 valence electrons. The Morgan fingerprint density at radius 2 is 1.78 bits per heavy atom. The highest BCUT2D eigenvalue weighted by Gasteiger charge is 2.43. The number of nitrogens with one attached hydrogen (secondary N) is 1. The highest BCUT2D eigenvalue weighted by molar-refractivity contribution is 6.11. The molecule has 1 aliphatic rings. The Morgan fingerprint density at radius 3 is 2.44 bits per heavy atom. The van der Waals surface area contributed by atoms with Crippen LogP contribution < -0.4 is 14.4 Å². The summed E-state index contributed by atoms with van der Waals surface area (Å²) in [5, 5.41) is 7.48. The fourth-order valence-corrected chi connectivity index (χ4v) is 4.11. The lowest BCUT2D eigenvalue weighted by molar-refractivity contribution is 0.0988. The van der Waals surface area contributed by atoms with E-state index >= 15 is 0 Å². The van der Waals surface area contributed by atoms with E-state index in [2.05, 4.69) is 15.2 Å². The maximum absolute atomic E-state index is 13.5. The number of carbonyl (C=O) groups is 1. The van der Waals surface area contributed by atoms with Gasteiger partial charge in [0, 0.05) is 29.2 Å².